The van der Waals surface area contributed by atoms with Gasteiger partial charge in [-0.3, -0.25) is 4.98 Å². The number of benzene rings is 1. The molecule has 0 aliphatic carbocycles. The van der Waals surface area contributed by atoms with Gasteiger partial charge in [-0.1, -0.05) is 12.1 Å². The van der Waals surface area contributed by atoms with Crippen LogP contribution in [0.4, 0.5) is 0 Å². The first-order valence-corrected chi connectivity index (χ1v) is 6.04. The lowest BCUT2D eigenvalue weighted by molar-refractivity contribution is 0.461. The molecule has 0 aliphatic heterocycles. The van der Waals surface area contributed by atoms with Crippen molar-refractivity contribution in [1.82, 2.24) is 9.97 Å². The molecule has 0 bridgehead atoms. The van der Waals surface area contributed by atoms with E-state index < -0.39 is 0 Å². The molecule has 0 amide bonds. The number of pyridine rings is 2. The minimum Gasteiger partial charge on any atom is -0.438 e. The highest BCUT2D eigenvalue weighted by atomic mass is 16.5. The van der Waals surface area contributed by atoms with Crippen LogP contribution in [0.25, 0.3) is 10.9 Å². The first-order valence-electron chi connectivity index (χ1n) is 6.04. The van der Waals surface area contributed by atoms with Crippen LogP contribution in [-0.2, 0) is 6.54 Å². The van der Waals surface area contributed by atoms with E-state index in [4.69, 9.17) is 10.5 Å². The van der Waals surface area contributed by atoms with Crippen LogP contribution in [-0.4, -0.2) is 9.97 Å². The molecule has 19 heavy (non-hydrogen) atoms. The lowest BCUT2D eigenvalue weighted by Crippen LogP contribution is -2.01. The minimum atomic E-state index is 0.395. The standard InChI is InChI=1S/C15H13N3O/c16-10-11-4-2-9-18-15(11)19-14-7-1-6-13-12(14)5-3-8-17-13/h1-9H,10,16H2. The van der Waals surface area contributed by atoms with Crippen molar-refractivity contribution < 1.29 is 4.74 Å². The Morgan fingerprint density at radius 2 is 1.79 bits per heavy atom. The molecule has 4 nitrogen and oxygen atoms in total. The van der Waals surface area contributed by atoms with E-state index in [9.17, 15) is 0 Å². The molecule has 3 rings (SSSR count). The maximum atomic E-state index is 5.88. The van der Waals surface area contributed by atoms with E-state index in [1.807, 2.05) is 42.5 Å². The zero-order chi connectivity index (χ0) is 13.1. The van der Waals surface area contributed by atoms with Crippen LogP contribution in [0.1, 0.15) is 5.56 Å². The second kappa shape index (κ2) is 5.04. The van der Waals surface area contributed by atoms with Crippen LogP contribution in [0.3, 0.4) is 0 Å². The van der Waals surface area contributed by atoms with Crippen LogP contribution in [0.15, 0.2) is 54.9 Å². The van der Waals surface area contributed by atoms with Gasteiger partial charge in [-0.15, -0.1) is 0 Å². The highest BCUT2D eigenvalue weighted by Crippen LogP contribution is 2.29. The molecule has 0 saturated carbocycles. The smallest absolute Gasteiger partial charge is 0.223 e. The maximum Gasteiger partial charge on any atom is 0.223 e. The van der Waals surface area contributed by atoms with E-state index in [1.54, 1.807) is 12.4 Å². The molecule has 4 heteroatoms. The predicted molar refractivity (Wildman–Crippen MR) is 73.9 cm³/mol. The van der Waals surface area contributed by atoms with Crippen LogP contribution in [0, 0.1) is 0 Å². The van der Waals surface area contributed by atoms with E-state index in [2.05, 4.69) is 9.97 Å². The number of hydrogen-bond acceptors (Lipinski definition) is 4. The second-order valence-corrected chi connectivity index (χ2v) is 4.10. The van der Waals surface area contributed by atoms with Gasteiger partial charge in [0.05, 0.1) is 5.52 Å². The first-order chi connectivity index (χ1) is 9.38. The lowest BCUT2D eigenvalue weighted by Gasteiger charge is -2.10. The quantitative estimate of drug-likeness (QED) is 0.777. The van der Waals surface area contributed by atoms with Crippen LogP contribution >= 0.6 is 0 Å². The van der Waals surface area contributed by atoms with Gasteiger partial charge >= 0.3 is 0 Å². The third-order valence-corrected chi connectivity index (χ3v) is 2.88. The average Bonchev–Trinajstić information content (AvgIpc) is 2.48. The molecule has 2 aromatic heterocycles. The molecule has 2 N–H and O–H groups in total. The summed E-state index contributed by atoms with van der Waals surface area (Å²) >= 11 is 0. The molecule has 0 saturated heterocycles. The molecule has 0 spiro atoms. The predicted octanol–water partition coefficient (Wildman–Crippen LogP) is 2.88. The molecular formula is C15H13N3O. The van der Waals surface area contributed by atoms with Crippen molar-refractivity contribution in [2.45, 2.75) is 6.54 Å². The number of ether oxygens (including phenoxy) is 1. The van der Waals surface area contributed by atoms with Crippen LogP contribution < -0.4 is 10.5 Å². The highest BCUT2D eigenvalue weighted by molar-refractivity contribution is 5.85. The van der Waals surface area contributed by atoms with Crippen molar-refractivity contribution in [1.29, 1.82) is 0 Å². The Kier molecular flexibility index (Phi) is 3.08. The summed E-state index contributed by atoms with van der Waals surface area (Å²) in [7, 11) is 0. The van der Waals surface area contributed by atoms with Gasteiger partial charge in [0.2, 0.25) is 5.88 Å². The fourth-order valence-corrected chi connectivity index (χ4v) is 1.94. The van der Waals surface area contributed by atoms with Crippen molar-refractivity contribution in [2.24, 2.45) is 5.73 Å². The average molecular weight is 251 g/mol. The Hall–Kier alpha value is -2.46. The normalized spacial score (nSPS) is 10.6. The lowest BCUT2D eigenvalue weighted by atomic mass is 10.2. The van der Waals surface area contributed by atoms with E-state index >= 15 is 0 Å². The van der Waals surface area contributed by atoms with Gasteiger partial charge in [0.1, 0.15) is 5.75 Å². The Balaban J connectivity index is 2.06. The zero-order valence-electron chi connectivity index (χ0n) is 10.3. The number of hydrogen-bond donors (Lipinski definition) is 1. The number of nitrogens with zero attached hydrogens (tertiary/aromatic N) is 2. The van der Waals surface area contributed by atoms with Gasteiger partial charge in [0, 0.05) is 29.9 Å². The van der Waals surface area contributed by atoms with E-state index in [-0.39, 0.29) is 0 Å². The summed E-state index contributed by atoms with van der Waals surface area (Å²) in [6.45, 7) is 0.395. The van der Waals surface area contributed by atoms with Crippen LogP contribution in [0.5, 0.6) is 11.6 Å². The molecule has 0 radical (unpaired) electrons. The molecule has 0 aliphatic rings. The van der Waals surface area contributed by atoms with Crippen molar-refractivity contribution in [3.8, 4) is 11.6 Å². The molecule has 3 aromatic rings. The third kappa shape index (κ3) is 2.26. The summed E-state index contributed by atoms with van der Waals surface area (Å²) < 4.78 is 5.88. The van der Waals surface area contributed by atoms with Crippen LogP contribution in [0.2, 0.25) is 0 Å². The summed E-state index contributed by atoms with van der Waals surface area (Å²) in [5.41, 5.74) is 7.46. The van der Waals surface area contributed by atoms with E-state index in [0.717, 1.165) is 22.2 Å². The summed E-state index contributed by atoms with van der Waals surface area (Å²) in [4.78, 5) is 8.53. The Morgan fingerprint density at radius 1 is 0.947 bits per heavy atom. The number of fused-ring (bicyclic) bond motifs is 1. The minimum absolute atomic E-state index is 0.395. The van der Waals surface area contributed by atoms with Crippen molar-refractivity contribution >= 4 is 10.9 Å². The fraction of sp³-hybridized carbons (Fsp3) is 0.0667. The summed E-state index contributed by atoms with van der Waals surface area (Å²) in [5, 5.41) is 0.957. The molecule has 2 heterocycles. The topological polar surface area (TPSA) is 61.0 Å². The maximum absolute atomic E-state index is 5.88. The fourth-order valence-electron chi connectivity index (χ4n) is 1.94. The number of rotatable bonds is 3. The van der Waals surface area contributed by atoms with Gasteiger partial charge in [-0.25, -0.2) is 4.98 Å². The van der Waals surface area contributed by atoms with E-state index in [0.29, 0.717) is 12.4 Å². The zero-order valence-corrected chi connectivity index (χ0v) is 10.3. The second-order valence-electron chi connectivity index (χ2n) is 4.10. The first kappa shape index (κ1) is 11.6. The number of aromatic nitrogens is 2. The van der Waals surface area contributed by atoms with Gasteiger partial charge in [-0.05, 0) is 30.3 Å². The highest BCUT2D eigenvalue weighted by Gasteiger charge is 2.07. The van der Waals surface area contributed by atoms with Gasteiger partial charge < -0.3 is 10.5 Å². The Morgan fingerprint density at radius 3 is 2.68 bits per heavy atom. The molecular weight excluding hydrogens is 238 g/mol. The molecule has 94 valence electrons. The molecule has 0 atom stereocenters. The summed E-state index contributed by atoms with van der Waals surface area (Å²) in [6, 6.07) is 13.4. The Labute approximate surface area is 110 Å². The summed E-state index contributed by atoms with van der Waals surface area (Å²) in [5.74, 6) is 1.28. The van der Waals surface area contributed by atoms with Gasteiger partial charge in [-0.2, -0.15) is 0 Å². The third-order valence-electron chi connectivity index (χ3n) is 2.88. The SMILES string of the molecule is NCc1cccnc1Oc1cccc2ncccc12. The largest absolute Gasteiger partial charge is 0.438 e. The number of nitrogens with two attached hydrogens (primary N) is 1. The van der Waals surface area contributed by atoms with Crippen molar-refractivity contribution in [3.63, 3.8) is 0 Å². The molecule has 0 fully saturated rings. The van der Waals surface area contributed by atoms with E-state index in [1.165, 1.54) is 0 Å². The Bertz CT molecular complexity index is 707. The van der Waals surface area contributed by atoms with Crippen molar-refractivity contribution in [2.75, 3.05) is 0 Å². The van der Waals surface area contributed by atoms with Gasteiger partial charge in [0.15, 0.2) is 0 Å². The van der Waals surface area contributed by atoms with Gasteiger partial charge in [0.25, 0.3) is 0 Å². The molecule has 1 aromatic carbocycles. The monoisotopic (exact) mass is 251 g/mol. The summed E-state index contributed by atoms with van der Waals surface area (Å²) in [6.07, 6.45) is 3.45. The molecule has 0 unspecified atom stereocenters. The van der Waals surface area contributed by atoms with Crippen molar-refractivity contribution in [3.05, 3.63) is 60.4 Å².